The van der Waals surface area contributed by atoms with Crippen LogP contribution in [-0.4, -0.2) is 28.6 Å². The standard InChI is InChI=1S/C28H26ClF2N3O2/c1-36-26(17-8-3-2-4-9-17)27-33-23-15-21(30)22(31)16-24(23)34(27)25(18-10-7-11-19(29)14-18)28(35)32-20-12-5-6-13-20/h2-4,7-11,14-16,20,25-26H,5-6,12-13H2,1H3,(H,32,35). The first-order valence-electron chi connectivity index (χ1n) is 12.0. The highest BCUT2D eigenvalue weighted by Crippen LogP contribution is 2.35. The molecule has 1 aromatic heterocycles. The Morgan fingerprint density at radius 2 is 1.72 bits per heavy atom. The lowest BCUT2D eigenvalue weighted by molar-refractivity contribution is -0.123. The zero-order chi connectivity index (χ0) is 25.2. The normalized spacial score (nSPS) is 15.8. The Hall–Kier alpha value is -3.29. The predicted octanol–water partition coefficient (Wildman–Crippen LogP) is 6.35. The highest BCUT2D eigenvalue weighted by Gasteiger charge is 2.33. The molecule has 0 aliphatic heterocycles. The van der Waals surface area contributed by atoms with Crippen LogP contribution in [0.5, 0.6) is 0 Å². The van der Waals surface area contributed by atoms with Gasteiger partial charge in [-0.25, -0.2) is 13.8 Å². The van der Waals surface area contributed by atoms with Gasteiger partial charge in [-0.3, -0.25) is 4.79 Å². The van der Waals surface area contributed by atoms with Gasteiger partial charge in [-0.2, -0.15) is 0 Å². The third kappa shape index (κ3) is 4.73. The molecule has 1 amide bonds. The Kier molecular flexibility index (Phi) is 7.03. The second-order valence-corrected chi connectivity index (χ2v) is 9.51. The number of hydrogen-bond acceptors (Lipinski definition) is 3. The van der Waals surface area contributed by atoms with Crippen LogP contribution >= 0.6 is 11.6 Å². The number of amides is 1. The monoisotopic (exact) mass is 509 g/mol. The van der Waals surface area contributed by atoms with Crippen LogP contribution in [0.2, 0.25) is 5.02 Å². The largest absolute Gasteiger partial charge is 0.369 e. The van der Waals surface area contributed by atoms with E-state index in [0.29, 0.717) is 16.4 Å². The van der Waals surface area contributed by atoms with Crippen LogP contribution in [0.3, 0.4) is 0 Å². The summed E-state index contributed by atoms with van der Waals surface area (Å²) in [4.78, 5) is 18.6. The summed E-state index contributed by atoms with van der Waals surface area (Å²) in [5, 5.41) is 3.62. The smallest absolute Gasteiger partial charge is 0.247 e. The number of carbonyl (C=O) groups excluding carboxylic acids is 1. The Morgan fingerprint density at radius 1 is 1.03 bits per heavy atom. The number of aromatic nitrogens is 2. The molecule has 8 heteroatoms. The van der Waals surface area contributed by atoms with Crippen molar-refractivity contribution in [2.75, 3.05) is 7.11 Å². The Morgan fingerprint density at radius 3 is 2.42 bits per heavy atom. The van der Waals surface area contributed by atoms with Crippen LogP contribution in [0.25, 0.3) is 11.0 Å². The van der Waals surface area contributed by atoms with Crippen LogP contribution in [0.4, 0.5) is 8.78 Å². The molecule has 4 aromatic rings. The second kappa shape index (κ2) is 10.4. The van der Waals surface area contributed by atoms with Crippen LogP contribution in [-0.2, 0) is 9.53 Å². The first kappa shape index (κ1) is 24.4. The summed E-state index contributed by atoms with van der Waals surface area (Å²) in [6, 6.07) is 17.6. The molecule has 0 bridgehead atoms. The molecule has 5 rings (SSSR count). The fourth-order valence-electron chi connectivity index (χ4n) is 5.03. The van der Waals surface area contributed by atoms with Crippen LogP contribution in [0.1, 0.15) is 54.8 Å². The Balaban J connectivity index is 1.75. The lowest BCUT2D eigenvalue weighted by atomic mass is 10.0. The van der Waals surface area contributed by atoms with Gasteiger partial charge < -0.3 is 14.6 Å². The van der Waals surface area contributed by atoms with E-state index in [1.165, 1.54) is 7.11 Å². The van der Waals surface area contributed by atoms with Crippen LogP contribution in [0, 0.1) is 11.6 Å². The molecule has 1 heterocycles. The zero-order valence-corrected chi connectivity index (χ0v) is 20.5. The van der Waals surface area contributed by atoms with Gasteiger partial charge in [0.15, 0.2) is 11.6 Å². The van der Waals surface area contributed by atoms with Crippen molar-refractivity contribution < 1.29 is 18.3 Å². The summed E-state index contributed by atoms with van der Waals surface area (Å²) >= 11 is 6.32. The number of nitrogens with one attached hydrogen (secondary N) is 1. The van der Waals surface area contributed by atoms with Crippen molar-refractivity contribution >= 4 is 28.5 Å². The first-order chi connectivity index (χ1) is 17.5. The predicted molar refractivity (Wildman–Crippen MR) is 135 cm³/mol. The van der Waals surface area contributed by atoms with E-state index in [1.54, 1.807) is 28.8 Å². The van der Waals surface area contributed by atoms with Gasteiger partial charge in [-0.15, -0.1) is 0 Å². The highest BCUT2D eigenvalue weighted by atomic mass is 35.5. The topological polar surface area (TPSA) is 56.2 Å². The van der Waals surface area contributed by atoms with Crippen LogP contribution < -0.4 is 5.32 Å². The third-order valence-corrected chi connectivity index (χ3v) is 6.94. The number of fused-ring (bicyclic) bond motifs is 1. The number of nitrogens with zero attached hydrogens (tertiary/aromatic N) is 2. The molecule has 1 aliphatic carbocycles. The molecule has 1 fully saturated rings. The van der Waals surface area contributed by atoms with Crippen molar-refractivity contribution in [2.24, 2.45) is 0 Å². The van der Waals surface area contributed by atoms with Gasteiger partial charge in [0, 0.05) is 30.3 Å². The Bertz CT molecular complexity index is 1390. The van der Waals surface area contributed by atoms with Crippen molar-refractivity contribution in [2.45, 2.75) is 43.9 Å². The van der Waals surface area contributed by atoms with Gasteiger partial charge in [0.1, 0.15) is 18.0 Å². The lowest BCUT2D eigenvalue weighted by Crippen LogP contribution is -2.39. The quantitative estimate of drug-likeness (QED) is 0.316. The number of carbonyl (C=O) groups is 1. The molecule has 36 heavy (non-hydrogen) atoms. The summed E-state index contributed by atoms with van der Waals surface area (Å²) in [7, 11) is 1.54. The molecular weight excluding hydrogens is 484 g/mol. The molecule has 1 N–H and O–H groups in total. The third-order valence-electron chi connectivity index (χ3n) is 6.70. The van der Waals surface area contributed by atoms with Crippen LogP contribution in [0.15, 0.2) is 66.7 Å². The highest BCUT2D eigenvalue weighted by molar-refractivity contribution is 6.30. The molecular formula is C28H26ClF2N3O2. The summed E-state index contributed by atoms with van der Waals surface area (Å²) in [6.07, 6.45) is 3.21. The van der Waals surface area contributed by atoms with Gasteiger partial charge in [0.25, 0.3) is 0 Å². The zero-order valence-electron chi connectivity index (χ0n) is 19.8. The summed E-state index contributed by atoms with van der Waals surface area (Å²) < 4.78 is 36.3. The molecule has 0 saturated heterocycles. The van der Waals surface area contributed by atoms with Crippen molar-refractivity contribution in [1.29, 1.82) is 0 Å². The Labute approximate surface area is 213 Å². The molecule has 1 saturated carbocycles. The van der Waals surface area contributed by atoms with E-state index in [4.69, 9.17) is 16.3 Å². The van der Waals surface area contributed by atoms with Crippen molar-refractivity contribution in [3.63, 3.8) is 0 Å². The number of rotatable bonds is 7. The minimum absolute atomic E-state index is 0.0546. The van der Waals surface area contributed by atoms with E-state index < -0.39 is 23.8 Å². The van der Waals surface area contributed by atoms with Gasteiger partial charge >= 0.3 is 0 Å². The van der Waals surface area contributed by atoms with E-state index in [9.17, 15) is 13.6 Å². The van der Waals surface area contributed by atoms with E-state index in [2.05, 4.69) is 10.3 Å². The van der Waals surface area contributed by atoms with E-state index in [0.717, 1.165) is 43.4 Å². The fraction of sp³-hybridized carbons (Fsp3) is 0.286. The minimum Gasteiger partial charge on any atom is -0.369 e. The molecule has 3 aromatic carbocycles. The van der Waals surface area contributed by atoms with E-state index >= 15 is 0 Å². The molecule has 186 valence electrons. The summed E-state index contributed by atoms with van der Waals surface area (Å²) in [5.74, 6) is -1.94. The summed E-state index contributed by atoms with van der Waals surface area (Å²) in [6.45, 7) is 0. The second-order valence-electron chi connectivity index (χ2n) is 9.07. The van der Waals surface area contributed by atoms with Gasteiger partial charge in [-0.1, -0.05) is 66.9 Å². The van der Waals surface area contributed by atoms with Crippen molar-refractivity contribution in [1.82, 2.24) is 14.9 Å². The van der Waals surface area contributed by atoms with E-state index in [1.807, 2.05) is 30.3 Å². The first-order valence-corrected chi connectivity index (χ1v) is 12.3. The lowest BCUT2D eigenvalue weighted by Gasteiger charge is -2.26. The fourth-order valence-corrected chi connectivity index (χ4v) is 5.23. The van der Waals surface area contributed by atoms with E-state index in [-0.39, 0.29) is 23.0 Å². The number of halogens is 3. The van der Waals surface area contributed by atoms with Gasteiger partial charge in [0.2, 0.25) is 5.91 Å². The maximum atomic E-state index is 14.5. The van der Waals surface area contributed by atoms with Crippen molar-refractivity contribution in [3.05, 3.63) is 100 Å². The maximum Gasteiger partial charge on any atom is 0.247 e. The number of benzene rings is 3. The average molecular weight is 510 g/mol. The van der Waals surface area contributed by atoms with Crippen molar-refractivity contribution in [3.8, 4) is 0 Å². The average Bonchev–Trinajstić information content (AvgIpc) is 3.50. The molecule has 2 atom stereocenters. The SMILES string of the molecule is COC(c1ccccc1)c1nc2cc(F)c(F)cc2n1C(C(=O)NC1CCCC1)c1cccc(Cl)c1. The van der Waals surface area contributed by atoms with Gasteiger partial charge in [0.05, 0.1) is 11.0 Å². The van der Waals surface area contributed by atoms with Gasteiger partial charge in [-0.05, 0) is 36.1 Å². The minimum atomic E-state index is -1.02. The number of ether oxygens (including phenoxy) is 1. The molecule has 1 aliphatic rings. The number of imidazole rings is 1. The maximum absolute atomic E-state index is 14.5. The number of hydrogen-bond donors (Lipinski definition) is 1. The molecule has 5 nitrogen and oxygen atoms in total. The molecule has 2 unspecified atom stereocenters. The summed E-state index contributed by atoms with van der Waals surface area (Å²) in [5.41, 5.74) is 1.90. The number of methoxy groups -OCH3 is 1. The molecule has 0 radical (unpaired) electrons. The molecule has 0 spiro atoms.